The number of carboxylic acids is 1. The standard InChI is InChI=1S/C28H46N2O2/c1-20(2)19-30(24-11-7-6-8-12-24)26-14-13-22(21(3)16-27(31)32)17-25(26)29-23-10-9-15-28(4,5)18-23/h13-14,17,20-21,23-24,29H,6-12,15-16,18-19H2,1-5H3,(H,31,32). The molecule has 1 aromatic rings. The first-order valence-corrected chi connectivity index (χ1v) is 13.0. The SMILES string of the molecule is CC(C)CN(c1ccc(C(C)CC(=O)O)cc1NC1CCCC(C)(C)C1)C1CCCCC1. The second-order valence-corrected chi connectivity index (χ2v) is 11.7. The Hall–Kier alpha value is -1.71. The van der Waals surface area contributed by atoms with Crippen molar-refractivity contribution in [1.82, 2.24) is 0 Å². The molecule has 32 heavy (non-hydrogen) atoms. The van der Waals surface area contributed by atoms with E-state index in [1.165, 1.54) is 69.2 Å². The van der Waals surface area contributed by atoms with Crippen molar-refractivity contribution in [2.24, 2.45) is 11.3 Å². The lowest BCUT2D eigenvalue weighted by Gasteiger charge is -2.40. The summed E-state index contributed by atoms with van der Waals surface area (Å²) in [4.78, 5) is 14.0. The molecule has 2 atom stereocenters. The zero-order valence-electron chi connectivity index (χ0n) is 21.1. The van der Waals surface area contributed by atoms with E-state index in [4.69, 9.17) is 0 Å². The summed E-state index contributed by atoms with van der Waals surface area (Å²) in [5.74, 6) is -0.115. The van der Waals surface area contributed by atoms with Gasteiger partial charge in [0.2, 0.25) is 0 Å². The van der Waals surface area contributed by atoms with Gasteiger partial charge in [0.05, 0.1) is 17.8 Å². The molecule has 0 bridgehead atoms. The highest BCUT2D eigenvalue weighted by molar-refractivity contribution is 5.73. The largest absolute Gasteiger partial charge is 0.481 e. The van der Waals surface area contributed by atoms with Crippen molar-refractivity contribution in [3.8, 4) is 0 Å². The van der Waals surface area contributed by atoms with Crippen LogP contribution in [-0.4, -0.2) is 29.7 Å². The summed E-state index contributed by atoms with van der Waals surface area (Å²) in [6.45, 7) is 12.5. The van der Waals surface area contributed by atoms with Crippen molar-refractivity contribution < 1.29 is 9.90 Å². The fraction of sp³-hybridized carbons (Fsp3) is 0.750. The Morgan fingerprint density at radius 2 is 1.84 bits per heavy atom. The Balaban J connectivity index is 1.95. The van der Waals surface area contributed by atoms with Crippen LogP contribution in [0.1, 0.15) is 110 Å². The third-order valence-electron chi connectivity index (χ3n) is 7.52. The van der Waals surface area contributed by atoms with E-state index in [2.05, 4.69) is 56.1 Å². The maximum Gasteiger partial charge on any atom is 0.303 e. The first kappa shape index (κ1) is 24.9. The molecule has 0 radical (unpaired) electrons. The molecule has 0 saturated heterocycles. The summed E-state index contributed by atoms with van der Waals surface area (Å²) in [5, 5.41) is 13.3. The van der Waals surface area contributed by atoms with E-state index in [0.29, 0.717) is 23.4 Å². The number of anilines is 2. The smallest absolute Gasteiger partial charge is 0.303 e. The molecule has 4 nitrogen and oxygen atoms in total. The Kier molecular flexibility index (Phi) is 8.52. The topological polar surface area (TPSA) is 52.6 Å². The quantitative estimate of drug-likeness (QED) is 0.417. The van der Waals surface area contributed by atoms with Gasteiger partial charge < -0.3 is 15.3 Å². The van der Waals surface area contributed by atoms with Crippen molar-refractivity contribution in [1.29, 1.82) is 0 Å². The van der Waals surface area contributed by atoms with Gasteiger partial charge in [-0.15, -0.1) is 0 Å². The molecule has 180 valence electrons. The summed E-state index contributed by atoms with van der Waals surface area (Å²) in [6, 6.07) is 7.81. The van der Waals surface area contributed by atoms with Crippen molar-refractivity contribution >= 4 is 17.3 Å². The highest BCUT2D eigenvalue weighted by atomic mass is 16.4. The number of hydrogen-bond donors (Lipinski definition) is 2. The molecule has 2 aliphatic rings. The lowest BCUT2D eigenvalue weighted by atomic mass is 9.75. The van der Waals surface area contributed by atoms with E-state index >= 15 is 0 Å². The fourth-order valence-corrected chi connectivity index (χ4v) is 5.88. The zero-order valence-corrected chi connectivity index (χ0v) is 21.1. The van der Waals surface area contributed by atoms with Gasteiger partial charge in [-0.2, -0.15) is 0 Å². The third-order valence-corrected chi connectivity index (χ3v) is 7.52. The van der Waals surface area contributed by atoms with Gasteiger partial charge in [-0.25, -0.2) is 0 Å². The summed E-state index contributed by atoms with van der Waals surface area (Å²) in [6.07, 6.45) is 11.7. The van der Waals surface area contributed by atoms with Crippen molar-refractivity contribution in [2.75, 3.05) is 16.8 Å². The Morgan fingerprint density at radius 3 is 2.47 bits per heavy atom. The van der Waals surface area contributed by atoms with Gasteiger partial charge >= 0.3 is 5.97 Å². The van der Waals surface area contributed by atoms with Gasteiger partial charge in [-0.05, 0) is 67.1 Å². The molecular formula is C28H46N2O2. The second kappa shape index (κ2) is 10.9. The number of rotatable bonds is 9. The maximum absolute atomic E-state index is 11.3. The summed E-state index contributed by atoms with van der Waals surface area (Å²) in [5.41, 5.74) is 4.04. The minimum absolute atomic E-state index is 0.0122. The molecule has 2 fully saturated rings. The average molecular weight is 443 g/mol. The maximum atomic E-state index is 11.3. The molecule has 0 heterocycles. The van der Waals surface area contributed by atoms with Crippen molar-refractivity contribution in [3.05, 3.63) is 23.8 Å². The van der Waals surface area contributed by atoms with E-state index in [9.17, 15) is 9.90 Å². The Morgan fingerprint density at radius 1 is 1.12 bits per heavy atom. The molecule has 2 saturated carbocycles. The Bertz CT molecular complexity index is 752. The number of carbonyl (C=O) groups is 1. The van der Waals surface area contributed by atoms with Crippen LogP contribution in [-0.2, 0) is 4.79 Å². The van der Waals surface area contributed by atoms with Gasteiger partial charge in [-0.1, -0.05) is 66.4 Å². The zero-order chi connectivity index (χ0) is 23.3. The van der Waals surface area contributed by atoms with E-state index < -0.39 is 5.97 Å². The van der Waals surface area contributed by atoms with E-state index in [1.807, 2.05) is 6.92 Å². The van der Waals surface area contributed by atoms with E-state index in [1.54, 1.807) is 0 Å². The highest BCUT2D eigenvalue weighted by Gasteiger charge is 2.30. The van der Waals surface area contributed by atoms with Crippen LogP contribution in [0.2, 0.25) is 0 Å². The molecular weight excluding hydrogens is 396 g/mol. The van der Waals surface area contributed by atoms with Crippen LogP contribution in [0, 0.1) is 11.3 Å². The first-order chi connectivity index (χ1) is 15.1. The number of carboxylic acid groups (broad SMARTS) is 1. The summed E-state index contributed by atoms with van der Waals surface area (Å²) < 4.78 is 0. The van der Waals surface area contributed by atoms with Crippen LogP contribution in [0.5, 0.6) is 0 Å². The fourth-order valence-electron chi connectivity index (χ4n) is 5.88. The molecule has 4 heteroatoms. The van der Waals surface area contributed by atoms with E-state index in [0.717, 1.165) is 12.1 Å². The van der Waals surface area contributed by atoms with Crippen LogP contribution in [0.3, 0.4) is 0 Å². The van der Waals surface area contributed by atoms with Gasteiger partial charge in [0, 0.05) is 18.6 Å². The molecule has 2 aliphatic carbocycles. The number of benzene rings is 1. The molecule has 1 aromatic carbocycles. The number of nitrogens with one attached hydrogen (secondary N) is 1. The molecule has 3 rings (SSSR count). The van der Waals surface area contributed by atoms with Gasteiger partial charge in [0.25, 0.3) is 0 Å². The monoisotopic (exact) mass is 442 g/mol. The lowest BCUT2D eigenvalue weighted by Crippen LogP contribution is -2.40. The van der Waals surface area contributed by atoms with Gasteiger partial charge in [-0.3, -0.25) is 4.79 Å². The molecule has 2 unspecified atom stereocenters. The van der Waals surface area contributed by atoms with Gasteiger partial charge in [0.15, 0.2) is 0 Å². The predicted molar refractivity (Wildman–Crippen MR) is 136 cm³/mol. The Labute approximate surface area is 196 Å². The predicted octanol–water partition coefficient (Wildman–Crippen LogP) is 7.44. The van der Waals surface area contributed by atoms with Crippen LogP contribution in [0.4, 0.5) is 11.4 Å². The molecule has 0 amide bonds. The molecule has 0 aliphatic heterocycles. The minimum atomic E-state index is -0.728. The van der Waals surface area contributed by atoms with Gasteiger partial charge in [0.1, 0.15) is 0 Å². The van der Waals surface area contributed by atoms with E-state index in [-0.39, 0.29) is 12.3 Å². The van der Waals surface area contributed by atoms with Crippen LogP contribution < -0.4 is 10.2 Å². The summed E-state index contributed by atoms with van der Waals surface area (Å²) >= 11 is 0. The van der Waals surface area contributed by atoms with Crippen molar-refractivity contribution in [2.45, 2.75) is 117 Å². The number of aliphatic carboxylic acids is 1. The van der Waals surface area contributed by atoms with Crippen molar-refractivity contribution in [3.63, 3.8) is 0 Å². The summed E-state index contributed by atoms with van der Waals surface area (Å²) in [7, 11) is 0. The van der Waals surface area contributed by atoms with Crippen LogP contribution in [0.25, 0.3) is 0 Å². The lowest BCUT2D eigenvalue weighted by molar-refractivity contribution is -0.137. The first-order valence-electron chi connectivity index (χ1n) is 13.0. The van der Waals surface area contributed by atoms with Crippen LogP contribution in [0.15, 0.2) is 18.2 Å². The average Bonchev–Trinajstić information content (AvgIpc) is 2.71. The van der Waals surface area contributed by atoms with Crippen LogP contribution >= 0.6 is 0 Å². The minimum Gasteiger partial charge on any atom is -0.481 e. The highest BCUT2D eigenvalue weighted by Crippen LogP contribution is 2.40. The second-order valence-electron chi connectivity index (χ2n) is 11.7. The third kappa shape index (κ3) is 6.89. The number of nitrogens with zero attached hydrogens (tertiary/aromatic N) is 1. The normalized spacial score (nSPS) is 22.5. The molecule has 2 N–H and O–H groups in total. The molecule has 0 spiro atoms. The number of hydrogen-bond acceptors (Lipinski definition) is 3. The molecule has 0 aromatic heterocycles.